The third kappa shape index (κ3) is 2.38. The van der Waals surface area contributed by atoms with E-state index in [0.29, 0.717) is 18.7 Å². The summed E-state index contributed by atoms with van der Waals surface area (Å²) in [5, 5.41) is 13.6. The molecule has 18 heavy (non-hydrogen) atoms. The van der Waals surface area contributed by atoms with Gasteiger partial charge < -0.3 is 5.11 Å². The summed E-state index contributed by atoms with van der Waals surface area (Å²) in [5.41, 5.74) is 1.65. The molecule has 1 N–H and O–H groups in total. The van der Waals surface area contributed by atoms with Crippen molar-refractivity contribution < 1.29 is 9.90 Å². The smallest absolute Gasteiger partial charge is 0.340 e. The van der Waals surface area contributed by atoms with E-state index in [-0.39, 0.29) is 10.7 Å². The zero-order valence-corrected chi connectivity index (χ0v) is 10.7. The lowest BCUT2D eigenvalue weighted by molar-refractivity contribution is 0.0696. The van der Waals surface area contributed by atoms with Crippen LogP contribution < -0.4 is 0 Å². The zero-order chi connectivity index (χ0) is 13.1. The lowest BCUT2D eigenvalue weighted by Crippen LogP contribution is -2.02. The van der Waals surface area contributed by atoms with Crippen molar-refractivity contribution >= 4 is 17.6 Å². The van der Waals surface area contributed by atoms with Crippen LogP contribution in [0.5, 0.6) is 0 Å². The Hall–Kier alpha value is -1.81. The summed E-state index contributed by atoms with van der Waals surface area (Å²) >= 11 is 6.07. The van der Waals surface area contributed by atoms with Crippen molar-refractivity contribution in [3.63, 3.8) is 0 Å². The van der Waals surface area contributed by atoms with Gasteiger partial charge in [-0.3, -0.25) is 0 Å². The standard InChI is InChI=1S/C13H13ClN2O2/c1-2-10-11(13(17)18)12(14)16(15-10)8-9-6-4-3-5-7-9/h3-7H,2,8H2,1H3,(H,17,18). The van der Waals surface area contributed by atoms with E-state index in [2.05, 4.69) is 5.10 Å². The van der Waals surface area contributed by atoms with Crippen LogP contribution in [-0.4, -0.2) is 20.9 Å². The van der Waals surface area contributed by atoms with Gasteiger partial charge in [0.25, 0.3) is 0 Å². The van der Waals surface area contributed by atoms with E-state index in [0.717, 1.165) is 5.56 Å². The summed E-state index contributed by atoms with van der Waals surface area (Å²) in [7, 11) is 0. The molecule has 5 heteroatoms. The predicted octanol–water partition coefficient (Wildman–Crippen LogP) is 2.85. The molecule has 4 nitrogen and oxygen atoms in total. The Labute approximate surface area is 110 Å². The van der Waals surface area contributed by atoms with Gasteiger partial charge in [0, 0.05) is 0 Å². The lowest BCUT2D eigenvalue weighted by Gasteiger charge is -2.02. The average Bonchev–Trinajstić information content (AvgIpc) is 2.67. The molecule has 0 saturated carbocycles. The molecule has 94 valence electrons. The van der Waals surface area contributed by atoms with Gasteiger partial charge in [0.1, 0.15) is 10.7 Å². The van der Waals surface area contributed by atoms with Gasteiger partial charge in [-0.05, 0) is 12.0 Å². The van der Waals surface area contributed by atoms with Gasteiger partial charge >= 0.3 is 5.97 Å². The van der Waals surface area contributed by atoms with Gasteiger partial charge in [-0.15, -0.1) is 0 Å². The molecule has 2 rings (SSSR count). The minimum atomic E-state index is -1.03. The van der Waals surface area contributed by atoms with E-state index in [9.17, 15) is 4.79 Å². The Bertz CT molecular complexity index is 564. The number of rotatable bonds is 4. The van der Waals surface area contributed by atoms with Crippen LogP contribution in [0.25, 0.3) is 0 Å². The van der Waals surface area contributed by atoms with Crippen LogP contribution in [-0.2, 0) is 13.0 Å². The van der Waals surface area contributed by atoms with Gasteiger partial charge in [0.15, 0.2) is 0 Å². The van der Waals surface area contributed by atoms with Crippen LogP contribution in [0.15, 0.2) is 30.3 Å². The van der Waals surface area contributed by atoms with Gasteiger partial charge in [-0.25, -0.2) is 9.48 Å². The molecule has 0 atom stereocenters. The van der Waals surface area contributed by atoms with Gasteiger partial charge in [-0.2, -0.15) is 5.10 Å². The molecule has 0 unspecified atom stereocenters. The molecular weight excluding hydrogens is 252 g/mol. The highest BCUT2D eigenvalue weighted by atomic mass is 35.5. The van der Waals surface area contributed by atoms with Crippen LogP contribution >= 0.6 is 11.6 Å². The normalized spacial score (nSPS) is 10.6. The highest BCUT2D eigenvalue weighted by molar-refractivity contribution is 6.32. The summed E-state index contributed by atoms with van der Waals surface area (Å²) < 4.78 is 1.53. The van der Waals surface area contributed by atoms with Crippen molar-refractivity contribution in [1.82, 2.24) is 9.78 Å². The van der Waals surface area contributed by atoms with E-state index >= 15 is 0 Å². The predicted molar refractivity (Wildman–Crippen MR) is 69.1 cm³/mol. The van der Waals surface area contributed by atoms with Gasteiger partial charge in [0.2, 0.25) is 0 Å². The third-order valence-electron chi connectivity index (χ3n) is 2.69. The molecule has 1 heterocycles. The van der Waals surface area contributed by atoms with Gasteiger partial charge in [-0.1, -0.05) is 48.9 Å². The maximum Gasteiger partial charge on any atom is 0.340 e. The fraction of sp³-hybridized carbons (Fsp3) is 0.231. The Kier molecular flexibility index (Phi) is 3.67. The largest absolute Gasteiger partial charge is 0.478 e. The number of aromatic carboxylic acids is 1. The molecule has 0 radical (unpaired) electrons. The van der Waals surface area contributed by atoms with Crippen LogP contribution in [0.3, 0.4) is 0 Å². The summed E-state index contributed by atoms with van der Waals surface area (Å²) in [6, 6.07) is 9.67. The van der Waals surface area contributed by atoms with Crippen molar-refractivity contribution in [2.75, 3.05) is 0 Å². The third-order valence-corrected chi connectivity index (χ3v) is 3.07. The molecule has 1 aromatic carbocycles. The summed E-state index contributed by atoms with van der Waals surface area (Å²) in [5.74, 6) is -1.03. The van der Waals surface area contributed by atoms with E-state index in [1.54, 1.807) is 0 Å². The second-order valence-electron chi connectivity index (χ2n) is 3.91. The molecule has 0 spiro atoms. The maximum absolute atomic E-state index is 11.1. The molecule has 0 fully saturated rings. The highest BCUT2D eigenvalue weighted by Crippen LogP contribution is 2.21. The fourth-order valence-electron chi connectivity index (χ4n) is 1.81. The topological polar surface area (TPSA) is 55.1 Å². The number of halogens is 1. The Morgan fingerprint density at radius 1 is 1.39 bits per heavy atom. The average molecular weight is 265 g/mol. The first-order chi connectivity index (χ1) is 8.63. The second-order valence-corrected chi connectivity index (χ2v) is 4.27. The van der Waals surface area contributed by atoms with E-state index in [4.69, 9.17) is 16.7 Å². The molecule has 0 saturated heterocycles. The lowest BCUT2D eigenvalue weighted by atomic mass is 10.2. The minimum Gasteiger partial charge on any atom is -0.478 e. The van der Waals surface area contributed by atoms with Crippen molar-refractivity contribution in [3.8, 4) is 0 Å². The molecule has 0 amide bonds. The number of carboxylic acid groups (broad SMARTS) is 1. The number of benzene rings is 1. The van der Waals surface area contributed by atoms with Crippen molar-refractivity contribution in [3.05, 3.63) is 52.3 Å². The number of nitrogens with zero attached hydrogens (tertiary/aromatic N) is 2. The first-order valence-electron chi connectivity index (χ1n) is 5.66. The maximum atomic E-state index is 11.1. The monoisotopic (exact) mass is 264 g/mol. The number of hydrogen-bond acceptors (Lipinski definition) is 2. The molecule has 0 aliphatic rings. The van der Waals surface area contributed by atoms with Crippen molar-refractivity contribution in [2.45, 2.75) is 19.9 Å². The van der Waals surface area contributed by atoms with Crippen LogP contribution in [0, 0.1) is 0 Å². The highest BCUT2D eigenvalue weighted by Gasteiger charge is 2.20. The Morgan fingerprint density at radius 3 is 2.56 bits per heavy atom. The van der Waals surface area contributed by atoms with Crippen LogP contribution in [0.4, 0.5) is 0 Å². The molecule has 1 aromatic heterocycles. The molecular formula is C13H13ClN2O2. The quantitative estimate of drug-likeness (QED) is 0.924. The van der Waals surface area contributed by atoms with E-state index in [1.807, 2.05) is 37.3 Å². The molecule has 0 aliphatic heterocycles. The number of aryl methyl sites for hydroxylation is 1. The van der Waals surface area contributed by atoms with Crippen molar-refractivity contribution in [1.29, 1.82) is 0 Å². The van der Waals surface area contributed by atoms with Crippen LogP contribution in [0.1, 0.15) is 28.5 Å². The number of carbonyl (C=O) groups is 1. The molecule has 0 aliphatic carbocycles. The first-order valence-corrected chi connectivity index (χ1v) is 6.03. The van der Waals surface area contributed by atoms with Crippen molar-refractivity contribution in [2.24, 2.45) is 0 Å². The van der Waals surface area contributed by atoms with E-state index < -0.39 is 5.97 Å². The Balaban J connectivity index is 2.38. The second kappa shape index (κ2) is 5.23. The first kappa shape index (κ1) is 12.6. The Morgan fingerprint density at radius 2 is 2.06 bits per heavy atom. The minimum absolute atomic E-state index is 0.107. The number of aromatic nitrogens is 2. The van der Waals surface area contributed by atoms with Crippen LogP contribution in [0.2, 0.25) is 5.15 Å². The summed E-state index contributed by atoms with van der Waals surface area (Å²) in [4.78, 5) is 11.1. The summed E-state index contributed by atoms with van der Waals surface area (Å²) in [6.07, 6.45) is 0.545. The number of carboxylic acids is 1. The van der Waals surface area contributed by atoms with E-state index in [1.165, 1.54) is 4.68 Å². The number of hydrogen-bond donors (Lipinski definition) is 1. The fourth-order valence-corrected chi connectivity index (χ4v) is 2.10. The summed E-state index contributed by atoms with van der Waals surface area (Å²) in [6.45, 7) is 2.33. The van der Waals surface area contributed by atoms with Gasteiger partial charge in [0.05, 0.1) is 12.2 Å². The zero-order valence-electron chi connectivity index (χ0n) is 9.93. The molecule has 2 aromatic rings. The molecule has 0 bridgehead atoms. The SMILES string of the molecule is CCc1nn(Cc2ccccc2)c(Cl)c1C(=O)O.